The Kier molecular flexibility index (Phi) is 5.10. The highest BCUT2D eigenvalue weighted by atomic mass is 16.7. The van der Waals surface area contributed by atoms with E-state index < -0.39 is 39.3 Å². The van der Waals surface area contributed by atoms with E-state index in [0.717, 1.165) is 7.05 Å². The van der Waals surface area contributed by atoms with Gasteiger partial charge in [-0.05, 0) is 13.8 Å². The number of hydrogen-bond acceptors (Lipinski definition) is 8. The van der Waals surface area contributed by atoms with E-state index in [1.54, 1.807) is 0 Å². The van der Waals surface area contributed by atoms with E-state index in [4.69, 9.17) is 0 Å². The van der Waals surface area contributed by atoms with E-state index in [2.05, 4.69) is 4.74 Å². The standard InChI is InChI=1S/C7H12N4O8/c1-5(2)19-6(12)8(3)4-7(9(13)14,10(15)16)11(17)18/h5H,4H2,1-3H3. The van der Waals surface area contributed by atoms with E-state index in [0.29, 0.717) is 4.90 Å². The normalized spacial score (nSPS) is 10.9. The first-order chi connectivity index (χ1) is 8.55. The highest BCUT2D eigenvalue weighted by molar-refractivity contribution is 5.67. The minimum Gasteiger partial charge on any atom is -0.447 e. The van der Waals surface area contributed by atoms with Crippen LogP contribution in [0.4, 0.5) is 4.79 Å². The molecule has 19 heavy (non-hydrogen) atoms. The fraction of sp³-hybridized carbons (Fsp3) is 0.857. The average molecular weight is 280 g/mol. The topological polar surface area (TPSA) is 159 Å². The minimum absolute atomic E-state index is 0.411. The smallest absolute Gasteiger partial charge is 0.447 e. The molecule has 0 N–H and O–H groups in total. The Balaban J connectivity index is 5.25. The fourth-order valence-corrected chi connectivity index (χ4v) is 1.05. The summed E-state index contributed by atoms with van der Waals surface area (Å²) in [5.74, 6) is -3.72. The van der Waals surface area contributed by atoms with Gasteiger partial charge in [-0.25, -0.2) is 4.79 Å². The summed E-state index contributed by atoms with van der Waals surface area (Å²) < 4.78 is 4.62. The van der Waals surface area contributed by atoms with E-state index >= 15 is 0 Å². The maximum absolute atomic E-state index is 11.3. The zero-order valence-corrected chi connectivity index (χ0v) is 10.3. The van der Waals surface area contributed by atoms with Crippen LogP contribution < -0.4 is 0 Å². The summed E-state index contributed by atoms with van der Waals surface area (Å²) in [6.07, 6.45) is -1.71. The van der Waals surface area contributed by atoms with Crippen molar-refractivity contribution in [2.45, 2.75) is 25.7 Å². The molecule has 0 radical (unpaired) electrons. The van der Waals surface area contributed by atoms with Crippen LogP contribution in [-0.4, -0.2) is 51.2 Å². The van der Waals surface area contributed by atoms with Crippen LogP contribution in [0.3, 0.4) is 0 Å². The Morgan fingerprint density at radius 3 is 1.79 bits per heavy atom. The minimum atomic E-state index is -3.72. The molecule has 0 saturated carbocycles. The SMILES string of the molecule is CC(C)OC(=O)N(C)CC([N+](=O)[O-])([N+](=O)[O-])[N+](=O)[O-]. The summed E-state index contributed by atoms with van der Waals surface area (Å²) in [5, 5.41) is 31.9. The monoisotopic (exact) mass is 280 g/mol. The number of carbonyl (C=O) groups is 1. The van der Waals surface area contributed by atoms with Gasteiger partial charge >= 0.3 is 11.9 Å². The lowest BCUT2D eigenvalue weighted by atomic mass is 10.3. The molecule has 0 aromatic heterocycles. The number of nitro groups is 3. The third-order valence-electron chi connectivity index (χ3n) is 1.97. The molecule has 0 heterocycles. The van der Waals surface area contributed by atoms with Gasteiger partial charge in [-0.3, -0.25) is 35.2 Å². The number of hydrogen-bond donors (Lipinski definition) is 0. The number of likely N-dealkylation sites (N-methyl/N-ethyl adjacent to an activating group) is 1. The van der Waals surface area contributed by atoms with E-state index in [9.17, 15) is 35.1 Å². The first kappa shape index (κ1) is 16.5. The summed E-state index contributed by atoms with van der Waals surface area (Å²) in [6, 6.07) is 0. The van der Waals surface area contributed by atoms with Crippen molar-refractivity contribution in [2.24, 2.45) is 0 Å². The van der Waals surface area contributed by atoms with Crippen LogP contribution >= 0.6 is 0 Å². The molecular weight excluding hydrogens is 268 g/mol. The maximum Gasteiger partial charge on any atom is 0.717 e. The van der Waals surface area contributed by atoms with Crippen LogP contribution in [0.25, 0.3) is 0 Å². The van der Waals surface area contributed by atoms with Crippen LogP contribution in [0.1, 0.15) is 13.8 Å². The first-order valence-corrected chi connectivity index (χ1v) is 4.91. The lowest BCUT2D eigenvalue weighted by molar-refractivity contribution is -0.968. The van der Waals surface area contributed by atoms with Crippen molar-refractivity contribution in [1.82, 2.24) is 4.90 Å². The van der Waals surface area contributed by atoms with E-state index in [1.165, 1.54) is 13.8 Å². The van der Waals surface area contributed by atoms with Crippen LogP contribution in [0, 0.1) is 30.3 Å². The summed E-state index contributed by atoms with van der Waals surface area (Å²) in [4.78, 5) is 38.6. The zero-order chi connectivity index (χ0) is 15.4. The predicted octanol–water partition coefficient (Wildman–Crippen LogP) is -0.0529. The van der Waals surface area contributed by atoms with Crippen LogP contribution in [0.2, 0.25) is 0 Å². The lowest BCUT2D eigenvalue weighted by Crippen LogP contribution is -2.60. The fourth-order valence-electron chi connectivity index (χ4n) is 1.05. The molecule has 0 atom stereocenters. The predicted molar refractivity (Wildman–Crippen MR) is 58.0 cm³/mol. The van der Waals surface area contributed by atoms with Crippen LogP contribution in [-0.2, 0) is 4.74 Å². The van der Waals surface area contributed by atoms with E-state index in [1.807, 2.05) is 0 Å². The second-order valence-corrected chi connectivity index (χ2v) is 3.83. The molecule has 108 valence electrons. The second kappa shape index (κ2) is 5.88. The number of carbonyl (C=O) groups excluding carboxylic acids is 1. The van der Waals surface area contributed by atoms with Gasteiger partial charge < -0.3 is 4.74 Å². The molecule has 1 amide bonds. The summed E-state index contributed by atoms with van der Waals surface area (Å²) in [6.45, 7) is 1.60. The summed E-state index contributed by atoms with van der Waals surface area (Å²) in [7, 11) is 0.927. The average Bonchev–Trinajstić information content (AvgIpc) is 2.22. The Bertz CT molecular complexity index is 372. The molecular formula is C7H12N4O8. The molecule has 0 aromatic rings. The van der Waals surface area contributed by atoms with Crippen LogP contribution in [0.15, 0.2) is 0 Å². The second-order valence-electron chi connectivity index (χ2n) is 3.83. The van der Waals surface area contributed by atoms with Crippen molar-refractivity contribution < 1.29 is 24.3 Å². The number of nitrogens with zero attached hydrogens (tertiary/aromatic N) is 4. The third-order valence-corrected chi connectivity index (χ3v) is 1.97. The van der Waals surface area contributed by atoms with Crippen molar-refractivity contribution >= 4 is 6.09 Å². The number of ether oxygens (including phenoxy) is 1. The molecule has 0 saturated heterocycles. The zero-order valence-electron chi connectivity index (χ0n) is 10.3. The third kappa shape index (κ3) is 3.46. The molecule has 0 aliphatic heterocycles. The van der Waals surface area contributed by atoms with E-state index in [-0.39, 0.29) is 0 Å². The largest absolute Gasteiger partial charge is 0.717 e. The first-order valence-electron chi connectivity index (χ1n) is 4.91. The molecule has 0 fully saturated rings. The Hall–Kier alpha value is -2.53. The van der Waals surface area contributed by atoms with Gasteiger partial charge in [0.15, 0.2) is 14.8 Å². The highest BCUT2D eigenvalue weighted by Crippen LogP contribution is 2.14. The van der Waals surface area contributed by atoms with Gasteiger partial charge in [0.1, 0.15) is 0 Å². The number of amides is 1. The summed E-state index contributed by atoms with van der Waals surface area (Å²) >= 11 is 0. The molecule has 0 aliphatic carbocycles. The van der Waals surface area contributed by atoms with Gasteiger partial charge in [0, 0.05) is 7.05 Å². The van der Waals surface area contributed by atoms with Gasteiger partial charge in [-0.2, -0.15) is 0 Å². The summed E-state index contributed by atoms with van der Waals surface area (Å²) in [5.41, 5.74) is 0. The molecule has 0 bridgehead atoms. The maximum atomic E-state index is 11.3. The molecule has 12 heteroatoms. The van der Waals surface area contributed by atoms with Crippen LogP contribution in [0.5, 0.6) is 0 Å². The van der Waals surface area contributed by atoms with Crippen molar-refractivity contribution in [3.05, 3.63) is 30.3 Å². The van der Waals surface area contributed by atoms with Gasteiger partial charge in [0.25, 0.3) is 0 Å². The van der Waals surface area contributed by atoms with Crippen molar-refractivity contribution in [2.75, 3.05) is 13.6 Å². The molecule has 0 aromatic carbocycles. The number of rotatable bonds is 6. The van der Waals surface area contributed by atoms with Gasteiger partial charge in [0.05, 0.1) is 6.10 Å². The van der Waals surface area contributed by atoms with Crippen molar-refractivity contribution in [3.63, 3.8) is 0 Å². The Morgan fingerprint density at radius 1 is 1.16 bits per heavy atom. The molecule has 0 aliphatic rings. The molecule has 0 unspecified atom stereocenters. The highest BCUT2D eigenvalue weighted by Gasteiger charge is 2.71. The van der Waals surface area contributed by atoms with Gasteiger partial charge in [-0.1, -0.05) is 0 Å². The molecule has 0 rings (SSSR count). The van der Waals surface area contributed by atoms with Crippen molar-refractivity contribution in [3.8, 4) is 0 Å². The quantitative estimate of drug-likeness (QED) is 0.371. The Morgan fingerprint density at radius 2 is 1.53 bits per heavy atom. The molecule has 12 nitrogen and oxygen atoms in total. The molecule has 0 spiro atoms. The van der Waals surface area contributed by atoms with Crippen molar-refractivity contribution in [1.29, 1.82) is 0 Å². The lowest BCUT2D eigenvalue weighted by Gasteiger charge is -2.18. The van der Waals surface area contributed by atoms with Gasteiger partial charge in [0.2, 0.25) is 6.54 Å². The Labute approximate surface area is 106 Å². The van der Waals surface area contributed by atoms with Gasteiger partial charge in [-0.15, -0.1) is 0 Å².